The van der Waals surface area contributed by atoms with Gasteiger partial charge < -0.3 is 142 Å². The van der Waals surface area contributed by atoms with Crippen molar-refractivity contribution in [2.45, 2.75) is 213 Å². The van der Waals surface area contributed by atoms with E-state index in [2.05, 4.69) is 43.3 Å². The molecular formula is C64H95N12O25. The lowest BCUT2D eigenvalue weighted by atomic mass is 9.95. The van der Waals surface area contributed by atoms with Crippen molar-refractivity contribution in [3.05, 3.63) is 71.3 Å². The van der Waals surface area contributed by atoms with E-state index < -0.39 is 228 Å². The molecule has 1 radical (unpaired) electrons. The third-order valence-electron chi connectivity index (χ3n) is 18.5. The van der Waals surface area contributed by atoms with Crippen LogP contribution in [0.1, 0.15) is 58.1 Å². The molecule has 0 aromatic heterocycles. The van der Waals surface area contributed by atoms with Gasteiger partial charge in [-0.05, 0) is 75.8 Å². The SMILES string of the molecule is CC(C)=CCCC(C)CC1OCC2OC(OC3C(CO)OC(Oc4ccc(CC(NC(=O)C(C)N(C(=O)CN)c5ccccc5C)C(=O)NC(C(=O)NC(C(=O)NC([C]=O)CO)C(O)C5CNC(=N)N5C5OC(CO)C(O)C(O)C5O)C(O)C5CNC(=N)N5)cc4)C(O)C3O)C(O)C(O)C2O1. The van der Waals surface area contributed by atoms with Gasteiger partial charge in [0.2, 0.25) is 42.1 Å². The smallest absolute Gasteiger partial charge is 0.246 e. The number of carbonyl (C=O) groups excluding carboxylic acids is 6. The predicted octanol–water partition coefficient (Wildman–Crippen LogP) is -8.65. The van der Waals surface area contributed by atoms with Crippen LogP contribution in [0.4, 0.5) is 5.69 Å². The summed E-state index contributed by atoms with van der Waals surface area (Å²) in [6.45, 7) is 4.95. The van der Waals surface area contributed by atoms with E-state index in [-0.39, 0.29) is 42.0 Å². The normalized spacial score (nSPS) is 31.9. The summed E-state index contributed by atoms with van der Waals surface area (Å²) in [6.07, 6.45) is -24.5. The summed E-state index contributed by atoms with van der Waals surface area (Å²) in [5.74, 6) is -6.60. The molecule has 37 heteroatoms. The largest absolute Gasteiger partial charge is 0.462 e. The van der Waals surface area contributed by atoms with Crippen molar-refractivity contribution < 1.29 is 123 Å². The average Bonchev–Trinajstić information content (AvgIpc) is 1.76. The summed E-state index contributed by atoms with van der Waals surface area (Å²) in [4.78, 5) is 86.4. The highest BCUT2D eigenvalue weighted by Gasteiger charge is 2.55. The zero-order chi connectivity index (χ0) is 73.8. The van der Waals surface area contributed by atoms with Gasteiger partial charge in [-0.2, -0.15) is 0 Å². The molecule has 0 bridgehead atoms. The molecule has 0 saturated carbocycles. The Morgan fingerprint density at radius 3 is 2.06 bits per heavy atom. The third-order valence-corrected chi connectivity index (χ3v) is 18.5. The first-order valence-corrected chi connectivity index (χ1v) is 33.1. The molecule has 6 aliphatic rings. The number of allylic oxidation sites excluding steroid dienone is 2. The minimum Gasteiger partial charge on any atom is -0.462 e. The molecule has 6 fully saturated rings. The number of aryl methyl sites for hydroxylation is 1. The van der Waals surface area contributed by atoms with E-state index in [1.54, 1.807) is 31.2 Å². The molecule has 101 heavy (non-hydrogen) atoms. The number of rotatable bonds is 31. The van der Waals surface area contributed by atoms with Crippen molar-refractivity contribution in [2.24, 2.45) is 11.7 Å². The Hall–Kier alpha value is -7.22. The lowest BCUT2D eigenvalue weighted by molar-refractivity contribution is -0.382. The highest BCUT2D eigenvalue weighted by atomic mass is 16.8. The van der Waals surface area contributed by atoms with Crippen LogP contribution in [0, 0.1) is 23.7 Å². The van der Waals surface area contributed by atoms with Crippen molar-refractivity contribution in [2.75, 3.05) is 51.0 Å². The maximum Gasteiger partial charge on any atom is 0.246 e. The second kappa shape index (κ2) is 35.8. The number of amides is 5. The van der Waals surface area contributed by atoms with Gasteiger partial charge in [-0.1, -0.05) is 48.9 Å². The molecule has 8 rings (SSSR count). The number of nitrogens with two attached hydrogens (primary N) is 1. The van der Waals surface area contributed by atoms with Gasteiger partial charge in [0, 0.05) is 31.6 Å². The number of hydrogen-bond donors (Lipinski definition) is 22. The molecular weight excluding hydrogens is 1340 g/mol. The topological polar surface area (TPSA) is 574 Å². The second-order valence-electron chi connectivity index (χ2n) is 26.1. The molecule has 37 nitrogen and oxygen atoms in total. The average molecular weight is 1430 g/mol. The standard InChI is InChI=1S/C64H95N12O25/c1-27(2)9-8-10-28(3)17-42-95-26-40-55(100-42)50(87)53(90)62(99-40)101-54-39(25-80)98-61(52(89)49(54)86)96-33-15-13-31(14-16-33)18-34(71-56(91)30(5)75(41(81)19-65)36-12-7-6-11-29(36)4)57(92)73-43(45(82)35-20-68-63(66)72-35)59(94)74-44(58(93)70-32(22-77)23-78)46(83)37-21-69-64(67)76(37)60-51(88)48(85)47(84)38(24-79)97-60/h6-7,9,11-16,28,30,32,34-35,37-40,42-55,60-62,77,79-80,82-90H,8,10,17-22,24-26,65H2,1-5H3,(H2,67,69)(H,70,93)(H,71,91)(H,73,92)(H,74,94)(H3,66,68,72). The summed E-state index contributed by atoms with van der Waals surface area (Å²) < 4.78 is 41.4. The van der Waals surface area contributed by atoms with E-state index in [1.165, 1.54) is 43.0 Å². The van der Waals surface area contributed by atoms with Crippen LogP contribution in [0.15, 0.2) is 60.2 Å². The Morgan fingerprint density at radius 1 is 0.762 bits per heavy atom. The Kier molecular flexibility index (Phi) is 28.2. The molecule has 23 N–H and O–H groups in total. The zero-order valence-electron chi connectivity index (χ0n) is 56.1. The van der Waals surface area contributed by atoms with Gasteiger partial charge in [-0.3, -0.25) is 44.5 Å². The van der Waals surface area contributed by atoms with Crippen LogP contribution in [0.3, 0.4) is 0 Å². The lowest BCUT2D eigenvalue weighted by Crippen LogP contribution is -2.69. The van der Waals surface area contributed by atoms with Crippen LogP contribution in [0.25, 0.3) is 0 Å². The number of ether oxygens (including phenoxy) is 7. The Bertz CT molecular complexity index is 3190. The van der Waals surface area contributed by atoms with E-state index in [4.69, 9.17) is 49.7 Å². The van der Waals surface area contributed by atoms with Gasteiger partial charge in [0.1, 0.15) is 121 Å². The lowest BCUT2D eigenvalue weighted by Gasteiger charge is -2.48. The van der Waals surface area contributed by atoms with Crippen molar-refractivity contribution in [3.63, 3.8) is 0 Å². The minimum atomic E-state index is -2.32. The number of carbonyl (C=O) groups is 5. The Morgan fingerprint density at radius 2 is 1.43 bits per heavy atom. The van der Waals surface area contributed by atoms with Crippen molar-refractivity contribution in [1.82, 2.24) is 42.1 Å². The third kappa shape index (κ3) is 19.0. The molecule has 0 aliphatic carbocycles. The van der Waals surface area contributed by atoms with Gasteiger partial charge in [-0.15, -0.1) is 0 Å². The van der Waals surface area contributed by atoms with Gasteiger partial charge in [-0.25, -0.2) is 0 Å². The van der Waals surface area contributed by atoms with Crippen molar-refractivity contribution >= 4 is 53.4 Å². The van der Waals surface area contributed by atoms with Gasteiger partial charge in [0.05, 0.1) is 45.1 Å². The van der Waals surface area contributed by atoms with Crippen LogP contribution >= 0.6 is 0 Å². The number of hydrogen-bond acceptors (Lipinski definition) is 28. The fourth-order valence-corrected chi connectivity index (χ4v) is 12.7. The van der Waals surface area contributed by atoms with Gasteiger partial charge >= 0.3 is 0 Å². The second-order valence-corrected chi connectivity index (χ2v) is 26.1. The molecule has 0 spiro atoms. The van der Waals surface area contributed by atoms with E-state index in [9.17, 15) is 80.5 Å². The van der Waals surface area contributed by atoms with E-state index in [0.717, 1.165) is 22.6 Å². The molecule has 2 aromatic carbocycles. The van der Waals surface area contributed by atoms with Gasteiger partial charge in [0.15, 0.2) is 30.7 Å². The number of nitrogens with zero attached hydrogens (tertiary/aromatic N) is 2. The van der Waals surface area contributed by atoms with Gasteiger partial charge in [0.25, 0.3) is 0 Å². The number of aliphatic hydroxyl groups excluding tert-OH is 12. The highest BCUT2D eigenvalue weighted by Crippen LogP contribution is 2.35. The minimum absolute atomic E-state index is 0.0458. The number of anilines is 1. The van der Waals surface area contributed by atoms with Crippen LogP contribution in [-0.4, -0.2) is 313 Å². The zero-order valence-corrected chi connectivity index (χ0v) is 56.1. The number of para-hydroxylation sites is 1. The summed E-state index contributed by atoms with van der Waals surface area (Å²) in [7, 11) is 0. The highest BCUT2D eigenvalue weighted by molar-refractivity contribution is 6.03. The van der Waals surface area contributed by atoms with E-state index in [1.807, 2.05) is 20.8 Å². The molecule has 561 valence electrons. The molecule has 6 aliphatic heterocycles. The number of nitrogens with one attached hydrogen (secondary N) is 9. The summed E-state index contributed by atoms with van der Waals surface area (Å²) in [5.41, 5.74) is 8.09. The first-order valence-electron chi connectivity index (χ1n) is 33.1. The molecule has 26 unspecified atom stereocenters. The number of aliphatic hydroxyl groups is 12. The van der Waals surface area contributed by atoms with Crippen LogP contribution in [-0.2, 0) is 63.6 Å². The summed E-state index contributed by atoms with van der Waals surface area (Å²) in [6, 6.07) is -0.542. The molecule has 5 amide bonds. The summed E-state index contributed by atoms with van der Waals surface area (Å²) in [5, 5.41) is 166. The van der Waals surface area contributed by atoms with Crippen molar-refractivity contribution in [1.29, 1.82) is 10.8 Å². The van der Waals surface area contributed by atoms with Crippen LogP contribution in [0.2, 0.25) is 0 Å². The Labute approximate surface area is 580 Å². The Balaban J connectivity index is 1.03. The van der Waals surface area contributed by atoms with Crippen LogP contribution in [0.5, 0.6) is 5.75 Å². The first kappa shape index (κ1) is 79.5. The van der Waals surface area contributed by atoms with E-state index >= 15 is 9.59 Å². The maximum absolute atomic E-state index is 15.2. The fraction of sp³-hybridized carbons (Fsp3) is 0.656. The summed E-state index contributed by atoms with van der Waals surface area (Å²) >= 11 is 0. The quantitative estimate of drug-likeness (QED) is 0.0312. The van der Waals surface area contributed by atoms with E-state index in [0.29, 0.717) is 12.0 Å². The van der Waals surface area contributed by atoms with Crippen molar-refractivity contribution in [3.8, 4) is 5.75 Å². The molecule has 6 heterocycles. The molecule has 6 saturated heterocycles. The maximum atomic E-state index is 15.2. The van der Waals surface area contributed by atoms with Crippen LogP contribution < -0.4 is 52.6 Å². The number of benzene rings is 2. The molecule has 26 atom stereocenters. The first-order chi connectivity index (χ1) is 48.0. The molecule has 2 aromatic rings. The monoisotopic (exact) mass is 1430 g/mol. The fourth-order valence-electron chi connectivity index (χ4n) is 12.7. The number of fused-ring (bicyclic) bond motifs is 1. The number of guanidine groups is 2. The predicted molar refractivity (Wildman–Crippen MR) is 349 cm³/mol.